The molecule has 0 aliphatic carbocycles. The molecule has 6 rings (SSSR count). The largest absolute Gasteiger partial charge is 0.435 e. The first-order chi connectivity index (χ1) is 20.4. The zero-order valence-electron chi connectivity index (χ0n) is 22.1. The van der Waals surface area contributed by atoms with Gasteiger partial charge in [0.25, 0.3) is 0 Å². The minimum Gasteiger partial charge on any atom is -0.274 e. The highest BCUT2D eigenvalue weighted by Gasteiger charge is 2.40. The van der Waals surface area contributed by atoms with Gasteiger partial charge in [0.05, 0.1) is 11.1 Å². The van der Waals surface area contributed by atoms with E-state index in [1.807, 2.05) is 0 Å². The molecule has 220 valence electrons. The van der Waals surface area contributed by atoms with Crippen molar-refractivity contribution in [2.45, 2.75) is 22.7 Å². The highest BCUT2D eigenvalue weighted by Crippen LogP contribution is 2.41. The van der Waals surface area contributed by atoms with Gasteiger partial charge in [0, 0.05) is 37.9 Å². The Bertz CT molecular complexity index is 1760. The SMILES string of the molecule is Cn1cc(-c2nnc(Sc3nnc(-c4cn(C)nc4C(F)(F)F)n3-c3ccccc3)n2-c2ccccc2)c(C(F)(F)F)n1. The summed E-state index contributed by atoms with van der Waals surface area (Å²) in [5, 5.41) is 23.8. The number of halogens is 6. The van der Waals surface area contributed by atoms with Gasteiger partial charge in [0.15, 0.2) is 23.0 Å². The second-order valence-corrected chi connectivity index (χ2v) is 10.1. The number of rotatable bonds is 6. The molecule has 0 bridgehead atoms. The topological polar surface area (TPSA) is 97.1 Å². The molecule has 0 N–H and O–H groups in total. The summed E-state index contributed by atoms with van der Waals surface area (Å²) in [6.07, 6.45) is -7.18. The Morgan fingerprint density at radius 2 is 0.930 bits per heavy atom. The second-order valence-electron chi connectivity index (χ2n) is 9.18. The van der Waals surface area contributed by atoms with Crippen LogP contribution in [-0.4, -0.2) is 49.1 Å². The molecule has 0 saturated carbocycles. The first-order valence-electron chi connectivity index (χ1n) is 12.3. The van der Waals surface area contributed by atoms with E-state index >= 15 is 0 Å². The molecule has 0 spiro atoms. The van der Waals surface area contributed by atoms with E-state index < -0.39 is 23.7 Å². The van der Waals surface area contributed by atoms with E-state index in [1.54, 1.807) is 60.7 Å². The lowest BCUT2D eigenvalue weighted by atomic mass is 10.2. The molecule has 4 aromatic heterocycles. The van der Waals surface area contributed by atoms with Crippen LogP contribution in [0.25, 0.3) is 34.2 Å². The molecule has 0 amide bonds. The minimum absolute atomic E-state index is 0.0801. The summed E-state index contributed by atoms with van der Waals surface area (Å²) < 4.78 is 88.3. The van der Waals surface area contributed by atoms with E-state index in [9.17, 15) is 26.3 Å². The number of aryl methyl sites for hydroxylation is 2. The highest BCUT2D eigenvalue weighted by atomic mass is 32.2. The van der Waals surface area contributed by atoms with E-state index in [4.69, 9.17) is 0 Å². The molecule has 2 aromatic carbocycles. The molecule has 0 radical (unpaired) electrons. The van der Waals surface area contributed by atoms with Crippen LogP contribution < -0.4 is 0 Å². The first-order valence-corrected chi connectivity index (χ1v) is 13.2. The molecule has 10 nitrogen and oxygen atoms in total. The number of para-hydroxylation sites is 2. The number of alkyl halides is 6. The fraction of sp³-hybridized carbons (Fsp3) is 0.154. The molecule has 0 fully saturated rings. The van der Waals surface area contributed by atoms with Crippen molar-refractivity contribution in [2.75, 3.05) is 0 Å². The average Bonchev–Trinajstić information content (AvgIpc) is 3.74. The van der Waals surface area contributed by atoms with Gasteiger partial charge >= 0.3 is 12.4 Å². The zero-order valence-corrected chi connectivity index (χ0v) is 22.9. The Morgan fingerprint density at radius 1 is 0.558 bits per heavy atom. The zero-order chi connectivity index (χ0) is 30.5. The van der Waals surface area contributed by atoms with Crippen LogP contribution in [0.15, 0.2) is 83.4 Å². The minimum atomic E-state index is -4.78. The van der Waals surface area contributed by atoms with Crippen LogP contribution in [0.4, 0.5) is 26.3 Å². The summed E-state index contributed by atoms with van der Waals surface area (Å²) in [7, 11) is 2.71. The van der Waals surface area contributed by atoms with Gasteiger partial charge in [-0.1, -0.05) is 36.4 Å². The summed E-state index contributed by atoms with van der Waals surface area (Å²) >= 11 is 0.864. The summed E-state index contributed by atoms with van der Waals surface area (Å²) in [4.78, 5) is 0. The van der Waals surface area contributed by atoms with E-state index in [2.05, 4.69) is 30.6 Å². The fourth-order valence-electron chi connectivity index (χ4n) is 4.45. The Hall–Kier alpha value is -4.93. The summed E-state index contributed by atoms with van der Waals surface area (Å²) in [5.41, 5.74) is -2.06. The number of aromatic nitrogens is 10. The van der Waals surface area contributed by atoms with E-state index in [1.165, 1.54) is 35.6 Å². The third-order valence-electron chi connectivity index (χ3n) is 6.15. The van der Waals surface area contributed by atoms with E-state index in [0.717, 1.165) is 21.1 Å². The normalized spacial score (nSPS) is 12.3. The predicted molar refractivity (Wildman–Crippen MR) is 141 cm³/mol. The van der Waals surface area contributed by atoms with Crippen LogP contribution in [0.1, 0.15) is 11.4 Å². The Labute approximate surface area is 242 Å². The molecule has 0 unspecified atom stereocenters. The molecule has 4 heterocycles. The van der Waals surface area contributed by atoms with Gasteiger partial charge in [-0.25, -0.2) is 0 Å². The number of benzene rings is 2. The van der Waals surface area contributed by atoms with Crippen LogP contribution in [0, 0.1) is 0 Å². The van der Waals surface area contributed by atoms with Gasteiger partial charge in [-0.3, -0.25) is 18.5 Å². The fourth-order valence-corrected chi connectivity index (χ4v) is 5.34. The highest BCUT2D eigenvalue weighted by molar-refractivity contribution is 7.99. The molecule has 17 heteroatoms. The van der Waals surface area contributed by atoms with Crippen molar-refractivity contribution in [1.29, 1.82) is 0 Å². The Morgan fingerprint density at radius 3 is 1.28 bits per heavy atom. The average molecular weight is 617 g/mol. The summed E-state index contributed by atoms with van der Waals surface area (Å²) in [6.45, 7) is 0. The van der Waals surface area contributed by atoms with Crippen LogP contribution in [-0.2, 0) is 26.4 Å². The van der Waals surface area contributed by atoms with Crippen molar-refractivity contribution in [3.63, 3.8) is 0 Å². The maximum Gasteiger partial charge on any atom is 0.435 e. The van der Waals surface area contributed by atoms with Crippen molar-refractivity contribution < 1.29 is 26.3 Å². The van der Waals surface area contributed by atoms with Gasteiger partial charge in [0.2, 0.25) is 10.3 Å². The van der Waals surface area contributed by atoms with Crippen LogP contribution >= 0.6 is 11.8 Å². The first kappa shape index (κ1) is 28.2. The summed E-state index contributed by atoms with van der Waals surface area (Å²) in [6, 6.07) is 16.8. The molecule has 0 saturated heterocycles. The lowest BCUT2D eigenvalue weighted by Gasteiger charge is -2.13. The monoisotopic (exact) mass is 616 g/mol. The van der Waals surface area contributed by atoms with Gasteiger partial charge < -0.3 is 0 Å². The summed E-state index contributed by atoms with van der Waals surface area (Å²) in [5.74, 6) is -0.293. The maximum absolute atomic E-state index is 13.9. The standard InChI is InChI=1S/C26H18F6N10S/c1-39-13-17(19(37-39)25(27,28)29)21-33-35-23(41(21)15-9-5-3-6-10-15)43-24-36-34-22(42(24)16-11-7-4-8-12-16)18-14-40(2)38-20(18)26(30,31)32/h3-14H,1-2H3. The second kappa shape index (κ2) is 10.4. The van der Waals surface area contributed by atoms with Crippen molar-refractivity contribution in [3.05, 3.63) is 84.4 Å². The number of hydrogen-bond acceptors (Lipinski definition) is 7. The quantitative estimate of drug-likeness (QED) is 0.217. The van der Waals surface area contributed by atoms with Gasteiger partial charge in [0.1, 0.15) is 0 Å². The smallest absolute Gasteiger partial charge is 0.274 e. The molecular formula is C26H18F6N10S. The van der Waals surface area contributed by atoms with Crippen molar-refractivity contribution in [2.24, 2.45) is 14.1 Å². The lowest BCUT2D eigenvalue weighted by Crippen LogP contribution is -2.10. The number of nitrogens with zero attached hydrogens (tertiary/aromatic N) is 10. The lowest BCUT2D eigenvalue weighted by molar-refractivity contribution is -0.141. The molecule has 6 aromatic rings. The van der Waals surface area contributed by atoms with E-state index in [0.29, 0.717) is 11.4 Å². The van der Waals surface area contributed by atoms with Gasteiger partial charge in [-0.15, -0.1) is 20.4 Å². The van der Waals surface area contributed by atoms with Crippen LogP contribution in [0.3, 0.4) is 0 Å². The van der Waals surface area contributed by atoms with Gasteiger partial charge in [-0.05, 0) is 36.0 Å². The molecule has 0 atom stereocenters. The molecule has 43 heavy (non-hydrogen) atoms. The number of hydrogen-bond donors (Lipinski definition) is 0. The Kier molecular flexibility index (Phi) is 6.83. The van der Waals surface area contributed by atoms with Crippen LogP contribution in [0.2, 0.25) is 0 Å². The molecule has 0 aliphatic rings. The third-order valence-corrected chi connectivity index (χ3v) is 7.05. The third kappa shape index (κ3) is 5.26. The molecule has 0 aliphatic heterocycles. The van der Waals surface area contributed by atoms with Crippen LogP contribution in [0.5, 0.6) is 0 Å². The van der Waals surface area contributed by atoms with Crippen molar-refractivity contribution in [1.82, 2.24) is 49.1 Å². The van der Waals surface area contributed by atoms with E-state index in [-0.39, 0.29) is 33.1 Å². The Balaban J connectivity index is 1.55. The molecular weight excluding hydrogens is 598 g/mol. The predicted octanol–water partition coefficient (Wildman–Crippen LogP) is 5.84. The van der Waals surface area contributed by atoms with Crippen molar-refractivity contribution in [3.8, 4) is 34.2 Å². The van der Waals surface area contributed by atoms with Gasteiger partial charge in [-0.2, -0.15) is 36.5 Å². The van der Waals surface area contributed by atoms with Crippen molar-refractivity contribution >= 4 is 11.8 Å². The maximum atomic E-state index is 13.9.